The summed E-state index contributed by atoms with van der Waals surface area (Å²) in [6.45, 7) is 6.60. The molecule has 0 aliphatic carbocycles. The first-order valence-corrected chi connectivity index (χ1v) is 8.66. The lowest BCUT2D eigenvalue weighted by Gasteiger charge is -2.34. The Balaban J connectivity index is 1.77. The van der Waals surface area contributed by atoms with Gasteiger partial charge in [0.25, 0.3) is 0 Å². The second-order valence-electron chi connectivity index (χ2n) is 5.01. The SMILES string of the molecule is CCN1CCN(C(=O)CSCc2c(F)cccc2Cl)CC1. The number of nitrogens with zero attached hydrogens (tertiary/aromatic N) is 2. The molecule has 21 heavy (non-hydrogen) atoms. The third-order valence-corrected chi connectivity index (χ3v) is 5.00. The van der Waals surface area contributed by atoms with Gasteiger partial charge in [0, 0.05) is 42.5 Å². The number of carbonyl (C=O) groups excluding carboxylic acids is 1. The molecule has 6 heteroatoms. The Hall–Kier alpha value is -0.780. The summed E-state index contributed by atoms with van der Waals surface area (Å²) in [4.78, 5) is 16.3. The van der Waals surface area contributed by atoms with Crippen LogP contribution < -0.4 is 0 Å². The smallest absolute Gasteiger partial charge is 0.232 e. The number of hydrogen-bond acceptors (Lipinski definition) is 3. The van der Waals surface area contributed by atoms with Gasteiger partial charge in [-0.25, -0.2) is 4.39 Å². The zero-order valence-corrected chi connectivity index (χ0v) is 13.7. The van der Waals surface area contributed by atoms with E-state index in [1.165, 1.54) is 17.8 Å². The van der Waals surface area contributed by atoms with E-state index in [4.69, 9.17) is 11.6 Å². The summed E-state index contributed by atoms with van der Waals surface area (Å²) in [6.07, 6.45) is 0. The molecular weight excluding hydrogens is 311 g/mol. The summed E-state index contributed by atoms with van der Waals surface area (Å²) in [5, 5.41) is 0.423. The molecule has 0 unspecified atom stereocenters. The topological polar surface area (TPSA) is 23.6 Å². The van der Waals surface area contributed by atoms with Gasteiger partial charge < -0.3 is 9.80 Å². The zero-order chi connectivity index (χ0) is 15.2. The van der Waals surface area contributed by atoms with Gasteiger partial charge in [-0.3, -0.25) is 4.79 Å². The number of amides is 1. The first kappa shape index (κ1) is 16.6. The molecule has 1 amide bonds. The van der Waals surface area contributed by atoms with Gasteiger partial charge in [0.1, 0.15) is 5.82 Å². The molecule has 0 aromatic heterocycles. The van der Waals surface area contributed by atoms with Crippen molar-refractivity contribution >= 4 is 29.3 Å². The Kier molecular flexibility index (Phi) is 6.33. The van der Waals surface area contributed by atoms with Crippen LogP contribution in [0.4, 0.5) is 4.39 Å². The summed E-state index contributed by atoms with van der Waals surface area (Å²) in [6, 6.07) is 4.66. The molecule has 0 atom stereocenters. The molecule has 1 aliphatic heterocycles. The Morgan fingerprint density at radius 3 is 2.67 bits per heavy atom. The van der Waals surface area contributed by atoms with Crippen LogP contribution in [-0.2, 0) is 10.5 Å². The standard InChI is InChI=1S/C15H20ClFN2OS/c1-2-18-6-8-19(9-7-18)15(20)11-21-10-12-13(16)4-3-5-14(12)17/h3-5H,2,6-11H2,1H3. The van der Waals surface area contributed by atoms with E-state index in [0.717, 1.165) is 32.7 Å². The minimum Gasteiger partial charge on any atom is -0.339 e. The summed E-state index contributed by atoms with van der Waals surface area (Å²) in [5.74, 6) is 0.616. The molecule has 1 saturated heterocycles. The van der Waals surface area contributed by atoms with E-state index in [1.807, 2.05) is 4.90 Å². The maximum absolute atomic E-state index is 13.6. The number of benzene rings is 1. The zero-order valence-electron chi connectivity index (χ0n) is 12.1. The van der Waals surface area contributed by atoms with Gasteiger partial charge in [0.15, 0.2) is 0 Å². The van der Waals surface area contributed by atoms with Crippen LogP contribution in [0.25, 0.3) is 0 Å². The third-order valence-electron chi connectivity index (χ3n) is 3.71. The molecule has 1 heterocycles. The van der Waals surface area contributed by atoms with Crippen LogP contribution in [-0.4, -0.2) is 54.2 Å². The minimum atomic E-state index is -0.306. The monoisotopic (exact) mass is 330 g/mol. The van der Waals surface area contributed by atoms with Gasteiger partial charge in [-0.05, 0) is 18.7 Å². The maximum atomic E-state index is 13.6. The maximum Gasteiger partial charge on any atom is 0.232 e. The first-order chi connectivity index (χ1) is 10.1. The van der Waals surface area contributed by atoms with Crippen LogP contribution in [0.2, 0.25) is 5.02 Å². The molecule has 3 nitrogen and oxygen atoms in total. The fourth-order valence-corrected chi connectivity index (χ4v) is 3.58. The van der Waals surface area contributed by atoms with E-state index < -0.39 is 0 Å². The van der Waals surface area contributed by atoms with Crippen molar-refractivity contribution in [3.8, 4) is 0 Å². The van der Waals surface area contributed by atoms with Crippen molar-refractivity contribution in [3.05, 3.63) is 34.6 Å². The molecule has 0 spiro atoms. The predicted molar refractivity (Wildman–Crippen MR) is 86.3 cm³/mol. The Labute approximate surface area is 134 Å². The van der Waals surface area contributed by atoms with Gasteiger partial charge in [-0.1, -0.05) is 24.6 Å². The molecule has 1 aromatic rings. The average molecular weight is 331 g/mol. The highest BCUT2D eigenvalue weighted by Crippen LogP contribution is 2.24. The lowest BCUT2D eigenvalue weighted by atomic mass is 10.2. The number of rotatable bonds is 5. The van der Waals surface area contributed by atoms with Gasteiger partial charge in [-0.2, -0.15) is 0 Å². The number of halogens is 2. The molecule has 0 bridgehead atoms. The van der Waals surface area contributed by atoms with E-state index in [-0.39, 0.29) is 11.7 Å². The fourth-order valence-electron chi connectivity index (χ4n) is 2.32. The van der Waals surface area contributed by atoms with Crippen molar-refractivity contribution in [1.82, 2.24) is 9.80 Å². The van der Waals surface area contributed by atoms with Gasteiger partial charge >= 0.3 is 0 Å². The molecule has 1 aliphatic rings. The number of carbonyl (C=O) groups is 1. The summed E-state index contributed by atoms with van der Waals surface area (Å²) < 4.78 is 13.6. The molecule has 0 radical (unpaired) electrons. The molecule has 0 saturated carbocycles. The lowest BCUT2D eigenvalue weighted by molar-refractivity contribution is -0.130. The quantitative estimate of drug-likeness (QED) is 0.829. The second kappa shape index (κ2) is 8.01. The van der Waals surface area contributed by atoms with E-state index >= 15 is 0 Å². The second-order valence-corrected chi connectivity index (χ2v) is 6.40. The molecule has 1 fully saturated rings. The van der Waals surface area contributed by atoms with Crippen molar-refractivity contribution < 1.29 is 9.18 Å². The highest BCUT2D eigenvalue weighted by Gasteiger charge is 2.20. The van der Waals surface area contributed by atoms with Crippen molar-refractivity contribution in [2.75, 3.05) is 38.5 Å². The number of likely N-dealkylation sites (N-methyl/N-ethyl adjacent to an activating group) is 1. The number of piperazine rings is 1. The van der Waals surface area contributed by atoms with Crippen molar-refractivity contribution in [3.63, 3.8) is 0 Å². The van der Waals surface area contributed by atoms with Crippen molar-refractivity contribution in [1.29, 1.82) is 0 Å². The summed E-state index contributed by atoms with van der Waals surface area (Å²) in [7, 11) is 0. The Bertz CT molecular complexity index is 472. The average Bonchev–Trinajstić information content (AvgIpc) is 2.50. The Morgan fingerprint density at radius 1 is 1.33 bits per heavy atom. The van der Waals surface area contributed by atoms with Gasteiger partial charge in [0.05, 0.1) is 5.75 Å². The van der Waals surface area contributed by atoms with Crippen molar-refractivity contribution in [2.45, 2.75) is 12.7 Å². The normalized spacial score (nSPS) is 16.2. The number of hydrogen-bond donors (Lipinski definition) is 0. The number of thioether (sulfide) groups is 1. The molecular formula is C15H20ClFN2OS. The Morgan fingerprint density at radius 2 is 2.05 bits per heavy atom. The third kappa shape index (κ3) is 4.59. The summed E-state index contributed by atoms with van der Waals surface area (Å²) >= 11 is 7.39. The van der Waals surface area contributed by atoms with Crippen LogP contribution in [0.1, 0.15) is 12.5 Å². The van der Waals surface area contributed by atoms with E-state index in [1.54, 1.807) is 12.1 Å². The predicted octanol–water partition coefficient (Wildman–Crippen LogP) is 2.88. The van der Waals surface area contributed by atoms with Gasteiger partial charge in [-0.15, -0.1) is 11.8 Å². The van der Waals surface area contributed by atoms with E-state index in [9.17, 15) is 9.18 Å². The first-order valence-electron chi connectivity index (χ1n) is 7.12. The largest absolute Gasteiger partial charge is 0.339 e. The van der Waals surface area contributed by atoms with Crippen LogP contribution in [0, 0.1) is 5.82 Å². The molecule has 1 aromatic carbocycles. The fraction of sp³-hybridized carbons (Fsp3) is 0.533. The van der Waals surface area contributed by atoms with E-state index in [0.29, 0.717) is 22.1 Å². The van der Waals surface area contributed by atoms with Crippen LogP contribution in [0.15, 0.2) is 18.2 Å². The summed E-state index contributed by atoms with van der Waals surface area (Å²) in [5.41, 5.74) is 0.479. The van der Waals surface area contributed by atoms with Gasteiger partial charge in [0.2, 0.25) is 5.91 Å². The van der Waals surface area contributed by atoms with E-state index in [2.05, 4.69) is 11.8 Å². The van der Waals surface area contributed by atoms with Crippen LogP contribution in [0.3, 0.4) is 0 Å². The molecule has 2 rings (SSSR count). The minimum absolute atomic E-state index is 0.128. The molecule has 116 valence electrons. The molecule has 0 N–H and O–H groups in total. The van der Waals surface area contributed by atoms with Crippen LogP contribution in [0.5, 0.6) is 0 Å². The lowest BCUT2D eigenvalue weighted by Crippen LogP contribution is -2.49. The highest BCUT2D eigenvalue weighted by molar-refractivity contribution is 7.99. The van der Waals surface area contributed by atoms with Crippen LogP contribution >= 0.6 is 23.4 Å². The van der Waals surface area contributed by atoms with Crippen molar-refractivity contribution in [2.24, 2.45) is 0 Å². The highest BCUT2D eigenvalue weighted by atomic mass is 35.5.